The summed E-state index contributed by atoms with van der Waals surface area (Å²) in [6.07, 6.45) is 0.636. The van der Waals surface area contributed by atoms with Crippen LogP contribution in [0.25, 0.3) is 10.6 Å². The number of carbonyl (C=O) groups is 1. The van der Waals surface area contributed by atoms with E-state index in [0.29, 0.717) is 23.6 Å². The van der Waals surface area contributed by atoms with E-state index in [9.17, 15) is 9.18 Å². The Labute approximate surface area is 148 Å². The topological polar surface area (TPSA) is 42.0 Å². The Kier molecular flexibility index (Phi) is 5.23. The minimum atomic E-state index is -0.263. The Morgan fingerprint density at radius 1 is 1.12 bits per heavy atom. The summed E-state index contributed by atoms with van der Waals surface area (Å²) in [6.45, 7) is 0.494. The number of halogens is 2. The van der Waals surface area contributed by atoms with Gasteiger partial charge in [0.25, 0.3) is 5.91 Å². The standard InChI is InChI=1S/C18H14ClFN2OS/c19-14-5-1-12(2-6-14)17(23)21-10-9-16-11-24-18(22-16)13-3-7-15(20)8-4-13/h1-8,11H,9-10H2,(H,21,23). The second kappa shape index (κ2) is 7.55. The van der Waals surface area contributed by atoms with Crippen LogP contribution in [-0.2, 0) is 6.42 Å². The lowest BCUT2D eigenvalue weighted by molar-refractivity contribution is 0.0954. The van der Waals surface area contributed by atoms with Gasteiger partial charge in [0.05, 0.1) is 5.69 Å². The Hall–Kier alpha value is -2.24. The first-order chi connectivity index (χ1) is 11.6. The molecule has 0 spiro atoms. The molecular weight excluding hydrogens is 347 g/mol. The Balaban J connectivity index is 1.55. The number of nitrogens with one attached hydrogen (secondary N) is 1. The average molecular weight is 361 g/mol. The summed E-state index contributed by atoms with van der Waals surface area (Å²) in [5.41, 5.74) is 2.36. The first-order valence-electron chi connectivity index (χ1n) is 7.36. The van der Waals surface area contributed by atoms with Crippen molar-refractivity contribution in [1.29, 1.82) is 0 Å². The van der Waals surface area contributed by atoms with E-state index >= 15 is 0 Å². The number of thiazole rings is 1. The minimum absolute atomic E-state index is 0.138. The number of carbonyl (C=O) groups excluding carboxylic acids is 1. The fraction of sp³-hybridized carbons (Fsp3) is 0.111. The van der Waals surface area contributed by atoms with E-state index in [2.05, 4.69) is 10.3 Å². The number of aromatic nitrogens is 1. The molecule has 1 aromatic heterocycles. The van der Waals surface area contributed by atoms with E-state index in [1.165, 1.54) is 23.5 Å². The molecule has 0 saturated heterocycles. The first-order valence-corrected chi connectivity index (χ1v) is 8.62. The van der Waals surface area contributed by atoms with Crippen LogP contribution in [0, 0.1) is 5.82 Å². The third-order valence-corrected chi connectivity index (χ3v) is 4.61. The maximum Gasteiger partial charge on any atom is 0.251 e. The minimum Gasteiger partial charge on any atom is -0.352 e. The fourth-order valence-electron chi connectivity index (χ4n) is 2.15. The lowest BCUT2D eigenvalue weighted by Gasteiger charge is -2.04. The van der Waals surface area contributed by atoms with Crippen LogP contribution >= 0.6 is 22.9 Å². The molecule has 0 atom stereocenters. The summed E-state index contributed by atoms with van der Waals surface area (Å²) < 4.78 is 12.9. The molecule has 24 heavy (non-hydrogen) atoms. The number of nitrogens with zero attached hydrogens (tertiary/aromatic N) is 1. The van der Waals surface area contributed by atoms with Gasteiger partial charge in [-0.2, -0.15) is 0 Å². The van der Waals surface area contributed by atoms with E-state index in [1.54, 1.807) is 36.4 Å². The molecule has 6 heteroatoms. The van der Waals surface area contributed by atoms with Crippen LogP contribution in [0.15, 0.2) is 53.9 Å². The van der Waals surface area contributed by atoms with Crippen molar-refractivity contribution in [2.45, 2.75) is 6.42 Å². The molecule has 122 valence electrons. The first kappa shape index (κ1) is 16.6. The average Bonchev–Trinajstić information content (AvgIpc) is 3.05. The highest BCUT2D eigenvalue weighted by Crippen LogP contribution is 2.23. The van der Waals surface area contributed by atoms with Gasteiger partial charge in [0.1, 0.15) is 10.8 Å². The zero-order valence-corrected chi connectivity index (χ0v) is 14.2. The maximum atomic E-state index is 12.9. The van der Waals surface area contributed by atoms with Gasteiger partial charge in [0.15, 0.2) is 0 Å². The largest absolute Gasteiger partial charge is 0.352 e. The summed E-state index contributed by atoms with van der Waals surface area (Å²) in [5.74, 6) is -0.402. The molecule has 3 aromatic rings. The lowest BCUT2D eigenvalue weighted by atomic mass is 10.2. The van der Waals surface area contributed by atoms with Crippen molar-refractivity contribution in [2.75, 3.05) is 6.54 Å². The molecule has 0 unspecified atom stereocenters. The molecular formula is C18H14ClFN2OS. The molecule has 0 bridgehead atoms. The predicted octanol–water partition coefficient (Wildman–Crippen LogP) is 4.58. The van der Waals surface area contributed by atoms with Gasteiger partial charge in [-0.1, -0.05) is 11.6 Å². The van der Waals surface area contributed by atoms with E-state index in [4.69, 9.17) is 11.6 Å². The Morgan fingerprint density at radius 2 is 1.83 bits per heavy atom. The zero-order chi connectivity index (χ0) is 16.9. The number of rotatable bonds is 5. The van der Waals surface area contributed by atoms with Crippen LogP contribution in [0.4, 0.5) is 4.39 Å². The highest BCUT2D eigenvalue weighted by molar-refractivity contribution is 7.13. The Bertz CT molecular complexity index is 831. The number of hydrogen-bond donors (Lipinski definition) is 1. The molecule has 0 aliphatic rings. The molecule has 0 radical (unpaired) electrons. The summed E-state index contributed by atoms with van der Waals surface area (Å²) in [4.78, 5) is 16.5. The molecule has 3 rings (SSSR count). The van der Waals surface area contributed by atoms with Crippen molar-refractivity contribution >= 4 is 28.8 Å². The second-order valence-electron chi connectivity index (χ2n) is 5.16. The lowest BCUT2D eigenvalue weighted by Crippen LogP contribution is -2.25. The second-order valence-corrected chi connectivity index (χ2v) is 6.46. The van der Waals surface area contributed by atoms with Crippen LogP contribution in [0.1, 0.15) is 16.1 Å². The monoisotopic (exact) mass is 360 g/mol. The maximum absolute atomic E-state index is 12.9. The van der Waals surface area contributed by atoms with Gasteiger partial charge >= 0.3 is 0 Å². The SMILES string of the molecule is O=C(NCCc1csc(-c2ccc(F)cc2)n1)c1ccc(Cl)cc1. The van der Waals surface area contributed by atoms with Crippen molar-refractivity contribution < 1.29 is 9.18 Å². The van der Waals surface area contributed by atoms with Crippen LogP contribution in [0.3, 0.4) is 0 Å². The van der Waals surface area contributed by atoms with Gasteiger partial charge in [-0.25, -0.2) is 9.37 Å². The Morgan fingerprint density at radius 3 is 2.54 bits per heavy atom. The van der Waals surface area contributed by atoms with E-state index < -0.39 is 0 Å². The molecule has 1 N–H and O–H groups in total. The van der Waals surface area contributed by atoms with Crippen LogP contribution in [0.5, 0.6) is 0 Å². The van der Waals surface area contributed by atoms with Crippen LogP contribution in [-0.4, -0.2) is 17.4 Å². The predicted molar refractivity (Wildman–Crippen MR) is 95.0 cm³/mol. The number of amides is 1. The zero-order valence-electron chi connectivity index (χ0n) is 12.6. The highest BCUT2D eigenvalue weighted by Gasteiger charge is 2.07. The van der Waals surface area contributed by atoms with Crippen molar-refractivity contribution in [3.8, 4) is 10.6 Å². The van der Waals surface area contributed by atoms with Crippen molar-refractivity contribution in [3.63, 3.8) is 0 Å². The number of benzene rings is 2. The van der Waals surface area contributed by atoms with E-state index in [1.807, 2.05) is 5.38 Å². The molecule has 0 aliphatic heterocycles. The van der Waals surface area contributed by atoms with E-state index in [-0.39, 0.29) is 11.7 Å². The van der Waals surface area contributed by atoms with Crippen molar-refractivity contribution in [1.82, 2.24) is 10.3 Å². The molecule has 0 saturated carbocycles. The third kappa shape index (κ3) is 4.19. The summed E-state index contributed by atoms with van der Waals surface area (Å²) in [6, 6.07) is 13.0. The van der Waals surface area contributed by atoms with Gasteiger partial charge in [-0.3, -0.25) is 4.79 Å². The van der Waals surface area contributed by atoms with Gasteiger partial charge < -0.3 is 5.32 Å². The molecule has 1 heterocycles. The number of hydrogen-bond acceptors (Lipinski definition) is 3. The smallest absolute Gasteiger partial charge is 0.251 e. The summed E-state index contributed by atoms with van der Waals surface area (Å²) in [7, 11) is 0. The van der Waals surface area contributed by atoms with Gasteiger partial charge in [0.2, 0.25) is 0 Å². The molecule has 1 amide bonds. The summed E-state index contributed by atoms with van der Waals surface area (Å²) >= 11 is 7.31. The van der Waals surface area contributed by atoms with Crippen molar-refractivity contribution in [2.24, 2.45) is 0 Å². The van der Waals surface area contributed by atoms with Crippen LogP contribution < -0.4 is 5.32 Å². The molecule has 3 nitrogen and oxygen atoms in total. The van der Waals surface area contributed by atoms with E-state index in [0.717, 1.165) is 16.3 Å². The normalized spacial score (nSPS) is 10.6. The fourth-order valence-corrected chi connectivity index (χ4v) is 3.14. The van der Waals surface area contributed by atoms with Gasteiger partial charge in [0, 0.05) is 34.5 Å². The van der Waals surface area contributed by atoms with Gasteiger partial charge in [-0.15, -0.1) is 11.3 Å². The van der Waals surface area contributed by atoms with Crippen LogP contribution in [0.2, 0.25) is 5.02 Å². The molecule has 0 fully saturated rings. The van der Waals surface area contributed by atoms with Gasteiger partial charge in [-0.05, 0) is 48.5 Å². The van der Waals surface area contributed by atoms with Crippen molar-refractivity contribution in [3.05, 3.63) is 76.0 Å². The molecule has 0 aliphatic carbocycles. The quantitative estimate of drug-likeness (QED) is 0.723. The summed E-state index contributed by atoms with van der Waals surface area (Å²) in [5, 5.41) is 6.25. The highest BCUT2D eigenvalue weighted by atomic mass is 35.5. The third-order valence-electron chi connectivity index (χ3n) is 3.42. The molecule has 2 aromatic carbocycles.